The summed E-state index contributed by atoms with van der Waals surface area (Å²) in [4.78, 5) is 14.5. The highest BCUT2D eigenvalue weighted by Gasteiger charge is 2.42. The molecule has 1 amide bonds. The molecule has 196 valence electrons. The van der Waals surface area contributed by atoms with Crippen LogP contribution in [-0.2, 0) is 24.3 Å². The maximum atomic E-state index is 14.0. The summed E-state index contributed by atoms with van der Waals surface area (Å²) in [7, 11) is 1.70. The number of benzene rings is 3. The van der Waals surface area contributed by atoms with Crippen LogP contribution in [0.5, 0.6) is 5.75 Å². The molecule has 3 aromatic rings. The molecule has 0 spiro atoms. The molecule has 3 atom stereocenters. The highest BCUT2D eigenvalue weighted by molar-refractivity contribution is 6.30. The molecule has 0 aliphatic carbocycles. The van der Waals surface area contributed by atoms with E-state index in [2.05, 4.69) is 36.6 Å². The van der Waals surface area contributed by atoms with E-state index in [1.165, 1.54) is 27.7 Å². The molecule has 0 aromatic heterocycles. The van der Waals surface area contributed by atoms with E-state index in [1.54, 1.807) is 19.2 Å². The third kappa shape index (κ3) is 6.89. The highest BCUT2D eigenvalue weighted by atomic mass is 35.5. The number of nitrogens with one attached hydrogen (secondary N) is 2. The zero-order valence-electron chi connectivity index (χ0n) is 21.8. The van der Waals surface area contributed by atoms with Gasteiger partial charge in [0.05, 0.1) is 13.5 Å². The molecule has 4 N–H and O–H groups in total. The summed E-state index contributed by atoms with van der Waals surface area (Å²) in [5.74, 6) is 0.705. The Morgan fingerprint density at radius 3 is 2.68 bits per heavy atom. The smallest absolute Gasteiger partial charge is 0.278 e. The Hall–Kier alpha value is -2.93. The molecule has 1 saturated heterocycles. The normalized spacial score (nSPS) is 19.1. The average Bonchev–Trinajstić information content (AvgIpc) is 3.28. The number of quaternary nitrogens is 2. The van der Waals surface area contributed by atoms with Crippen molar-refractivity contribution in [3.8, 4) is 5.75 Å². The first-order valence-corrected chi connectivity index (χ1v) is 13.3. The number of methoxy groups -OCH3 is 1. The Kier molecular flexibility index (Phi) is 9.19. The Morgan fingerprint density at radius 1 is 1.11 bits per heavy atom. The zero-order valence-corrected chi connectivity index (χ0v) is 22.6. The van der Waals surface area contributed by atoms with Gasteiger partial charge in [-0.3, -0.25) is 4.79 Å². The standard InChI is InChI=1S/C30H35ClFN3O2/c1-20-21(2)29(37-3)12-11-24(20)17-34-26-16-28(35(19-26)18-22-7-6-9-25(31)15-22)30(36)33-14-13-23-8-4-5-10-27(23)32/h4-12,15,26,28,34H,13-14,16-19H2,1-3H3,(H,33,36)/p+2. The van der Waals surface area contributed by atoms with Gasteiger partial charge in [-0.25, -0.2) is 4.39 Å². The Morgan fingerprint density at radius 2 is 1.92 bits per heavy atom. The molecule has 0 radical (unpaired) electrons. The van der Waals surface area contributed by atoms with Crippen LogP contribution in [0.3, 0.4) is 0 Å². The third-order valence-corrected chi connectivity index (χ3v) is 7.82. The number of rotatable bonds is 10. The monoisotopic (exact) mass is 525 g/mol. The van der Waals surface area contributed by atoms with Crippen molar-refractivity contribution in [2.24, 2.45) is 0 Å². The maximum Gasteiger partial charge on any atom is 0.278 e. The average molecular weight is 526 g/mol. The molecule has 5 nitrogen and oxygen atoms in total. The Balaban J connectivity index is 1.42. The summed E-state index contributed by atoms with van der Waals surface area (Å²) in [6.07, 6.45) is 1.26. The van der Waals surface area contributed by atoms with Gasteiger partial charge in [0.1, 0.15) is 37.2 Å². The van der Waals surface area contributed by atoms with E-state index in [4.69, 9.17) is 16.3 Å². The molecule has 0 saturated carbocycles. The molecule has 1 aliphatic rings. The van der Waals surface area contributed by atoms with Crippen LogP contribution in [0.1, 0.15) is 34.2 Å². The molecule has 4 rings (SSSR count). The van der Waals surface area contributed by atoms with Crippen LogP contribution in [-0.4, -0.2) is 38.2 Å². The summed E-state index contributed by atoms with van der Waals surface area (Å²) < 4.78 is 19.4. The van der Waals surface area contributed by atoms with Crippen molar-refractivity contribution in [3.05, 3.63) is 99.3 Å². The van der Waals surface area contributed by atoms with Crippen molar-refractivity contribution in [2.45, 2.75) is 51.9 Å². The largest absolute Gasteiger partial charge is 0.496 e. The van der Waals surface area contributed by atoms with Gasteiger partial charge in [0, 0.05) is 22.7 Å². The molecule has 3 unspecified atom stereocenters. The third-order valence-electron chi connectivity index (χ3n) is 7.58. The summed E-state index contributed by atoms with van der Waals surface area (Å²) in [5, 5.41) is 6.13. The fourth-order valence-corrected chi connectivity index (χ4v) is 5.55. The van der Waals surface area contributed by atoms with Crippen LogP contribution in [0.2, 0.25) is 5.02 Å². The van der Waals surface area contributed by atoms with E-state index in [9.17, 15) is 9.18 Å². The van der Waals surface area contributed by atoms with Gasteiger partial charge in [-0.15, -0.1) is 0 Å². The lowest BCUT2D eigenvalue weighted by Crippen LogP contribution is -3.15. The molecule has 1 fully saturated rings. The van der Waals surface area contributed by atoms with Gasteiger partial charge in [0.15, 0.2) is 6.04 Å². The van der Waals surface area contributed by atoms with E-state index < -0.39 is 0 Å². The van der Waals surface area contributed by atoms with Gasteiger partial charge >= 0.3 is 0 Å². The predicted octanol–water partition coefficient (Wildman–Crippen LogP) is 2.75. The second-order valence-electron chi connectivity index (χ2n) is 9.97. The van der Waals surface area contributed by atoms with Gasteiger partial charge in [-0.2, -0.15) is 0 Å². The van der Waals surface area contributed by atoms with Crippen LogP contribution in [0.15, 0.2) is 60.7 Å². The Bertz CT molecular complexity index is 1240. The second-order valence-corrected chi connectivity index (χ2v) is 10.4. The first-order chi connectivity index (χ1) is 17.9. The SMILES string of the molecule is COc1ccc(C[NH2+]C2CC(C(=O)NCCc3ccccc3F)[NH+](Cc3cccc(Cl)c3)C2)c(C)c1C. The van der Waals surface area contributed by atoms with E-state index in [1.807, 2.05) is 30.3 Å². The topological polar surface area (TPSA) is 59.4 Å². The lowest BCUT2D eigenvalue weighted by molar-refractivity contribution is -0.925. The second kappa shape index (κ2) is 12.5. The van der Waals surface area contributed by atoms with E-state index in [0.29, 0.717) is 29.6 Å². The number of amides is 1. The molecule has 1 heterocycles. The summed E-state index contributed by atoms with van der Waals surface area (Å²) in [5.41, 5.74) is 5.44. The predicted molar refractivity (Wildman–Crippen MR) is 144 cm³/mol. The van der Waals surface area contributed by atoms with Crippen molar-refractivity contribution < 1.29 is 24.1 Å². The minimum atomic E-state index is -0.232. The van der Waals surface area contributed by atoms with Gasteiger partial charge in [-0.05, 0) is 67.3 Å². The molecule has 1 aliphatic heterocycles. The van der Waals surface area contributed by atoms with Crippen molar-refractivity contribution in [3.63, 3.8) is 0 Å². The van der Waals surface area contributed by atoms with E-state index in [0.717, 1.165) is 37.4 Å². The lowest BCUT2D eigenvalue weighted by Gasteiger charge is -2.20. The van der Waals surface area contributed by atoms with Gasteiger partial charge in [0.25, 0.3) is 5.91 Å². The first-order valence-electron chi connectivity index (χ1n) is 12.9. The van der Waals surface area contributed by atoms with Crippen LogP contribution in [0.25, 0.3) is 0 Å². The lowest BCUT2D eigenvalue weighted by atomic mass is 10.0. The van der Waals surface area contributed by atoms with Crippen LogP contribution in [0, 0.1) is 19.7 Å². The fourth-order valence-electron chi connectivity index (χ4n) is 5.34. The molecular weight excluding hydrogens is 489 g/mol. The minimum Gasteiger partial charge on any atom is -0.496 e. The van der Waals surface area contributed by atoms with Gasteiger partial charge in [0.2, 0.25) is 0 Å². The number of hydrogen-bond acceptors (Lipinski definition) is 2. The number of hydrogen-bond donors (Lipinski definition) is 3. The number of halogens is 2. The Labute approximate surface area is 224 Å². The summed E-state index contributed by atoms with van der Waals surface area (Å²) in [6.45, 7) is 7.11. The number of carbonyl (C=O) groups excluding carboxylic acids is 1. The van der Waals surface area contributed by atoms with Crippen molar-refractivity contribution in [1.82, 2.24) is 5.32 Å². The quantitative estimate of drug-likeness (QED) is 0.381. The molecule has 7 heteroatoms. The first kappa shape index (κ1) is 27.1. The van der Waals surface area contributed by atoms with Crippen molar-refractivity contribution >= 4 is 17.5 Å². The van der Waals surface area contributed by atoms with Gasteiger partial charge < -0.3 is 20.3 Å². The highest BCUT2D eigenvalue weighted by Crippen LogP contribution is 2.23. The van der Waals surface area contributed by atoms with Gasteiger partial charge in [-0.1, -0.05) is 41.9 Å². The van der Waals surface area contributed by atoms with Crippen LogP contribution in [0.4, 0.5) is 4.39 Å². The number of ether oxygens (including phenoxy) is 1. The maximum absolute atomic E-state index is 14.0. The van der Waals surface area contributed by atoms with Crippen molar-refractivity contribution in [2.75, 3.05) is 20.2 Å². The van der Waals surface area contributed by atoms with E-state index in [-0.39, 0.29) is 17.8 Å². The number of carbonyl (C=O) groups is 1. The molecule has 0 bridgehead atoms. The summed E-state index contributed by atoms with van der Waals surface area (Å²) in [6, 6.07) is 18.9. The van der Waals surface area contributed by atoms with Crippen molar-refractivity contribution in [1.29, 1.82) is 0 Å². The molecular formula is C30H37ClFN3O2+2. The number of likely N-dealkylation sites (tertiary alicyclic amines) is 1. The minimum absolute atomic E-state index is 0.0285. The fraction of sp³-hybridized carbons (Fsp3) is 0.367. The van der Waals surface area contributed by atoms with Crippen LogP contribution < -0.4 is 20.3 Å². The zero-order chi connectivity index (χ0) is 26.4. The molecule has 3 aromatic carbocycles. The summed E-state index contributed by atoms with van der Waals surface area (Å²) >= 11 is 6.23. The van der Waals surface area contributed by atoms with E-state index >= 15 is 0 Å². The molecule has 37 heavy (non-hydrogen) atoms. The van der Waals surface area contributed by atoms with Crippen LogP contribution >= 0.6 is 11.6 Å². The number of nitrogens with two attached hydrogens (primary N) is 1.